The Hall–Kier alpha value is -3.22. The molecule has 0 aliphatic carbocycles. The first-order valence-electron chi connectivity index (χ1n) is 7.61. The minimum absolute atomic E-state index is 0.142. The topological polar surface area (TPSA) is 73.2 Å². The van der Waals surface area contributed by atoms with Crippen LogP contribution in [0.15, 0.2) is 53.6 Å². The highest BCUT2D eigenvalue weighted by Crippen LogP contribution is 2.12. The van der Waals surface area contributed by atoms with Gasteiger partial charge in [0.25, 0.3) is 5.56 Å². The SMILES string of the molecule is COc1cccc(CNC(=O)Cn2cnc3ccc(F)cc3c2=O)c1. The summed E-state index contributed by atoms with van der Waals surface area (Å²) in [5.41, 5.74) is 0.805. The van der Waals surface area contributed by atoms with Crippen molar-refractivity contribution in [2.75, 3.05) is 7.11 Å². The van der Waals surface area contributed by atoms with Gasteiger partial charge in [-0.1, -0.05) is 12.1 Å². The van der Waals surface area contributed by atoms with E-state index < -0.39 is 11.4 Å². The number of aromatic nitrogens is 2. The van der Waals surface area contributed by atoms with E-state index in [9.17, 15) is 14.0 Å². The fraction of sp³-hybridized carbons (Fsp3) is 0.167. The van der Waals surface area contributed by atoms with Gasteiger partial charge in [-0.2, -0.15) is 0 Å². The van der Waals surface area contributed by atoms with E-state index in [1.165, 1.54) is 18.5 Å². The lowest BCUT2D eigenvalue weighted by atomic mass is 10.2. The first-order chi connectivity index (χ1) is 12.1. The number of nitrogens with one attached hydrogen (secondary N) is 1. The van der Waals surface area contributed by atoms with Crippen LogP contribution in [0.3, 0.4) is 0 Å². The van der Waals surface area contributed by atoms with Gasteiger partial charge < -0.3 is 10.1 Å². The van der Waals surface area contributed by atoms with E-state index in [0.29, 0.717) is 17.8 Å². The van der Waals surface area contributed by atoms with Crippen molar-refractivity contribution < 1.29 is 13.9 Å². The maximum absolute atomic E-state index is 13.3. The molecule has 3 aromatic rings. The van der Waals surface area contributed by atoms with E-state index in [0.717, 1.165) is 16.2 Å². The Bertz CT molecular complexity index is 985. The fourth-order valence-corrected chi connectivity index (χ4v) is 2.44. The Kier molecular flexibility index (Phi) is 4.74. The Balaban J connectivity index is 1.71. The summed E-state index contributed by atoms with van der Waals surface area (Å²) in [4.78, 5) is 28.5. The smallest absolute Gasteiger partial charge is 0.261 e. The highest BCUT2D eigenvalue weighted by atomic mass is 19.1. The zero-order valence-corrected chi connectivity index (χ0v) is 13.5. The summed E-state index contributed by atoms with van der Waals surface area (Å²) in [5.74, 6) is -0.169. The monoisotopic (exact) mass is 341 g/mol. The molecule has 1 aromatic heterocycles. The molecule has 0 radical (unpaired) electrons. The third-order valence-electron chi connectivity index (χ3n) is 3.72. The zero-order valence-electron chi connectivity index (χ0n) is 13.5. The molecule has 0 spiro atoms. The molecule has 0 unspecified atom stereocenters. The molecule has 25 heavy (non-hydrogen) atoms. The van der Waals surface area contributed by atoms with Crippen molar-refractivity contribution in [3.63, 3.8) is 0 Å². The third-order valence-corrected chi connectivity index (χ3v) is 3.72. The number of carbonyl (C=O) groups is 1. The molecular formula is C18H16FN3O3. The highest BCUT2D eigenvalue weighted by Gasteiger charge is 2.09. The maximum Gasteiger partial charge on any atom is 0.261 e. The fourth-order valence-electron chi connectivity index (χ4n) is 2.44. The number of nitrogens with zero attached hydrogens (tertiary/aromatic N) is 2. The van der Waals surface area contributed by atoms with Crippen LogP contribution in [0.1, 0.15) is 5.56 Å². The van der Waals surface area contributed by atoms with Gasteiger partial charge >= 0.3 is 0 Å². The predicted octanol–water partition coefficient (Wildman–Crippen LogP) is 1.86. The van der Waals surface area contributed by atoms with Gasteiger partial charge in [0.05, 0.1) is 24.3 Å². The molecule has 0 saturated heterocycles. The van der Waals surface area contributed by atoms with Crippen LogP contribution < -0.4 is 15.6 Å². The van der Waals surface area contributed by atoms with Crippen LogP contribution in [0.25, 0.3) is 10.9 Å². The van der Waals surface area contributed by atoms with Crippen LogP contribution in [-0.2, 0) is 17.9 Å². The van der Waals surface area contributed by atoms with Crippen LogP contribution >= 0.6 is 0 Å². The van der Waals surface area contributed by atoms with Gasteiger partial charge in [-0.3, -0.25) is 14.2 Å². The summed E-state index contributed by atoms with van der Waals surface area (Å²) in [6.45, 7) is 0.114. The molecule has 0 saturated carbocycles. The van der Waals surface area contributed by atoms with Crippen molar-refractivity contribution in [1.29, 1.82) is 0 Å². The van der Waals surface area contributed by atoms with E-state index in [1.54, 1.807) is 7.11 Å². The summed E-state index contributed by atoms with van der Waals surface area (Å²) in [5, 5.41) is 2.87. The van der Waals surface area contributed by atoms with Gasteiger partial charge in [0.15, 0.2) is 0 Å². The predicted molar refractivity (Wildman–Crippen MR) is 90.8 cm³/mol. The van der Waals surface area contributed by atoms with E-state index in [2.05, 4.69) is 10.3 Å². The quantitative estimate of drug-likeness (QED) is 0.769. The van der Waals surface area contributed by atoms with Gasteiger partial charge in [-0.25, -0.2) is 9.37 Å². The number of methoxy groups -OCH3 is 1. The Morgan fingerprint density at radius 2 is 2.12 bits per heavy atom. The van der Waals surface area contributed by atoms with E-state index in [4.69, 9.17) is 4.74 Å². The second-order valence-electron chi connectivity index (χ2n) is 5.47. The summed E-state index contributed by atoms with van der Waals surface area (Å²) in [6.07, 6.45) is 1.29. The number of halogens is 1. The summed E-state index contributed by atoms with van der Waals surface area (Å²) in [6, 6.07) is 11.1. The summed E-state index contributed by atoms with van der Waals surface area (Å²) in [7, 11) is 1.57. The lowest BCUT2D eigenvalue weighted by Gasteiger charge is -2.09. The molecule has 0 aliphatic rings. The number of amides is 1. The third kappa shape index (κ3) is 3.82. The Morgan fingerprint density at radius 1 is 1.28 bits per heavy atom. The minimum atomic E-state index is -0.522. The van der Waals surface area contributed by atoms with Crippen molar-refractivity contribution in [3.05, 3.63) is 70.5 Å². The number of hydrogen-bond donors (Lipinski definition) is 1. The molecule has 1 amide bonds. The lowest BCUT2D eigenvalue weighted by Crippen LogP contribution is -2.32. The number of benzene rings is 2. The first-order valence-corrected chi connectivity index (χ1v) is 7.61. The van der Waals surface area contributed by atoms with Crippen LogP contribution in [-0.4, -0.2) is 22.6 Å². The molecule has 6 nitrogen and oxygen atoms in total. The number of fused-ring (bicyclic) bond motifs is 1. The Morgan fingerprint density at radius 3 is 2.92 bits per heavy atom. The second kappa shape index (κ2) is 7.12. The average molecular weight is 341 g/mol. The summed E-state index contributed by atoms with van der Waals surface area (Å²) < 4.78 is 19.6. The van der Waals surface area contributed by atoms with E-state index in [1.807, 2.05) is 24.3 Å². The van der Waals surface area contributed by atoms with Gasteiger partial charge in [0.2, 0.25) is 5.91 Å². The molecule has 2 aromatic carbocycles. The molecule has 7 heteroatoms. The van der Waals surface area contributed by atoms with E-state index >= 15 is 0 Å². The van der Waals surface area contributed by atoms with Gasteiger partial charge in [-0.05, 0) is 35.9 Å². The van der Waals surface area contributed by atoms with Crippen molar-refractivity contribution >= 4 is 16.8 Å². The van der Waals surface area contributed by atoms with Crippen molar-refractivity contribution in [2.24, 2.45) is 0 Å². The lowest BCUT2D eigenvalue weighted by molar-refractivity contribution is -0.121. The molecule has 1 heterocycles. The first kappa shape index (κ1) is 16.6. The van der Waals surface area contributed by atoms with Crippen molar-refractivity contribution in [2.45, 2.75) is 13.1 Å². The zero-order chi connectivity index (χ0) is 17.8. The van der Waals surface area contributed by atoms with Gasteiger partial charge in [-0.15, -0.1) is 0 Å². The van der Waals surface area contributed by atoms with Crippen molar-refractivity contribution in [1.82, 2.24) is 14.9 Å². The molecule has 0 atom stereocenters. The largest absolute Gasteiger partial charge is 0.497 e. The molecule has 0 bridgehead atoms. The second-order valence-corrected chi connectivity index (χ2v) is 5.47. The van der Waals surface area contributed by atoms with Gasteiger partial charge in [0, 0.05) is 6.54 Å². The number of carbonyl (C=O) groups excluding carboxylic acids is 1. The normalized spacial score (nSPS) is 10.6. The average Bonchev–Trinajstić information content (AvgIpc) is 2.63. The number of rotatable bonds is 5. The molecule has 128 valence electrons. The van der Waals surface area contributed by atoms with Crippen LogP contribution in [0.5, 0.6) is 5.75 Å². The van der Waals surface area contributed by atoms with E-state index in [-0.39, 0.29) is 17.8 Å². The Labute approximate surface area is 142 Å². The number of hydrogen-bond acceptors (Lipinski definition) is 4. The molecule has 3 rings (SSSR count). The van der Waals surface area contributed by atoms with Crippen molar-refractivity contribution in [3.8, 4) is 5.75 Å². The van der Waals surface area contributed by atoms with Crippen LogP contribution in [0.4, 0.5) is 4.39 Å². The van der Waals surface area contributed by atoms with Crippen LogP contribution in [0, 0.1) is 5.82 Å². The number of ether oxygens (including phenoxy) is 1. The van der Waals surface area contributed by atoms with Crippen LogP contribution in [0.2, 0.25) is 0 Å². The molecule has 1 N–H and O–H groups in total. The summed E-state index contributed by atoms with van der Waals surface area (Å²) >= 11 is 0. The highest BCUT2D eigenvalue weighted by molar-refractivity contribution is 5.79. The molecular weight excluding hydrogens is 325 g/mol. The molecule has 0 aliphatic heterocycles. The van der Waals surface area contributed by atoms with Gasteiger partial charge in [0.1, 0.15) is 18.1 Å². The standard InChI is InChI=1S/C18H16FN3O3/c1-25-14-4-2-3-12(7-14)9-20-17(23)10-22-11-21-16-6-5-13(19)8-15(16)18(22)24/h2-8,11H,9-10H2,1H3,(H,20,23). The maximum atomic E-state index is 13.3. The minimum Gasteiger partial charge on any atom is -0.497 e. The molecule has 0 fully saturated rings.